The van der Waals surface area contributed by atoms with Crippen LogP contribution in [0.15, 0.2) is 0 Å². The van der Waals surface area contributed by atoms with Gasteiger partial charge in [-0.05, 0) is 0 Å². The van der Waals surface area contributed by atoms with Crippen molar-refractivity contribution in [3.63, 3.8) is 0 Å². The van der Waals surface area contributed by atoms with Crippen LogP contribution in [0, 0.1) is 0 Å². The van der Waals surface area contributed by atoms with Crippen LogP contribution in [0.4, 0.5) is 0 Å². The second-order valence-corrected chi connectivity index (χ2v) is 45.4. The average Bonchev–Trinajstić information content (AvgIpc) is 0.811. The molecule has 0 amide bonds. The molecule has 0 aliphatic carbocycles. The normalized spacial score (nSPS) is 7.20. The van der Waals surface area contributed by atoms with Gasteiger partial charge in [0.1, 0.15) is 0 Å². The van der Waals surface area contributed by atoms with Crippen molar-refractivity contribution < 1.29 is 0 Å². The van der Waals surface area contributed by atoms with Crippen molar-refractivity contribution >= 4 is 120 Å². The van der Waals surface area contributed by atoms with Crippen molar-refractivity contribution in [3.8, 4) is 0 Å². The molecule has 0 spiro atoms. The van der Waals surface area contributed by atoms with E-state index in [2.05, 4.69) is 36.7 Å². The molecule has 0 fully saturated rings. The van der Waals surface area contributed by atoms with Gasteiger partial charge in [-0.2, -0.15) is 0 Å². The molecule has 0 aromatic rings. The van der Waals surface area contributed by atoms with E-state index in [0.29, 0.717) is 0 Å². The predicted molar refractivity (Wildman–Crippen MR) is 38.3 cm³/mol. The molecule has 1 radical (unpaired) electrons. The Morgan fingerprint density at radius 3 is 1.00 bits per heavy atom. The maximum absolute atomic E-state index is 3.31. The summed E-state index contributed by atoms with van der Waals surface area (Å²) in [6.07, 6.45) is 0. The Hall–Kier alpha value is 4.38. The molecule has 0 aromatic heterocycles. The molecule has 0 nitrogen and oxygen atoms in total. The zero-order valence-electron chi connectivity index (χ0n) is 2.58. The van der Waals surface area contributed by atoms with Crippen molar-refractivity contribution in [3.05, 3.63) is 0 Å². The van der Waals surface area contributed by atoms with Gasteiger partial charge in [0.25, 0.3) is 0 Å². The maximum atomic E-state index is 3.31. The van der Waals surface area contributed by atoms with Gasteiger partial charge < -0.3 is 0 Å². The molecule has 0 saturated carbocycles. The van der Waals surface area contributed by atoms with E-state index in [1.165, 1.54) is 0 Å². The Morgan fingerprint density at radius 2 is 1.00 bits per heavy atom. The molecule has 5 heavy (non-hydrogen) atoms. The molecule has 0 aliphatic rings. The Kier molecular flexibility index (Phi) is 20.3. The minimum absolute atomic E-state index is 0. The maximum Gasteiger partial charge on any atom is 0 e. The zero-order chi connectivity index (χ0) is 3.58. The molecule has 0 aromatic carbocycles. The van der Waals surface area contributed by atoms with Gasteiger partial charge in [0, 0.05) is 68.9 Å². The molecule has 0 rings (SSSR count). The van der Waals surface area contributed by atoms with E-state index in [4.69, 9.17) is 0 Å². The first-order valence-corrected chi connectivity index (χ1v) is 23.1. The smallest absolute Gasteiger partial charge is 0 e. The minimum Gasteiger partial charge on any atom is 0 e. The van der Waals surface area contributed by atoms with E-state index in [9.17, 15) is 0 Å². The van der Waals surface area contributed by atoms with E-state index < -0.39 is 14.7 Å². The summed E-state index contributed by atoms with van der Waals surface area (Å²) < 4.78 is 0. The van der Waals surface area contributed by atoms with Crippen LogP contribution in [0.5, 0.6) is 0 Å². The van der Waals surface area contributed by atoms with Gasteiger partial charge in [-0.3, -0.25) is 0 Å². The quantitative estimate of drug-likeness (QED) is 0.383. The first kappa shape index (κ1) is 12.1. The fourth-order valence-corrected chi connectivity index (χ4v) is 0. The number of rotatable bonds is 0. The number of halogens is 3. The van der Waals surface area contributed by atoms with Crippen LogP contribution in [0.2, 0.25) is 0 Å². The molecule has 0 bridgehead atoms. The first-order chi connectivity index (χ1) is 1.73. The van der Waals surface area contributed by atoms with Gasteiger partial charge in [-0.15, -0.1) is 0 Å². The third kappa shape index (κ3) is 17.8. The largest absolute Gasteiger partial charge is 0 e. The molecule has 27 valence electrons. The van der Waals surface area contributed by atoms with Gasteiger partial charge >= 0.3 is 51.4 Å². The van der Waals surface area contributed by atoms with E-state index >= 15 is 0 Å². The van der Waals surface area contributed by atoms with Crippen LogP contribution in [-0.4, -0.2) is 83.6 Å². The van der Waals surface area contributed by atoms with Crippen LogP contribution >= 0.6 is 36.7 Å². The fraction of sp³-hybridized carbons (Fsp3) is 0. The number of hydrogen-bond donors (Lipinski definition) is 0. The Labute approximate surface area is 116 Å². The summed E-state index contributed by atoms with van der Waals surface area (Å²) in [6.45, 7) is 0. The predicted octanol–water partition coefficient (Wildman–Crippen LogP) is 1.78. The monoisotopic (exact) mass is 579 g/mol. The van der Waals surface area contributed by atoms with Gasteiger partial charge in [0.2, 0.25) is 0 Å². The first-order valence-electron chi connectivity index (χ1n) is 0.507. The fourth-order valence-electron chi connectivity index (χ4n) is 0. The van der Waals surface area contributed by atoms with Crippen LogP contribution in [-0.2, 0) is 0 Å². The summed E-state index contributed by atoms with van der Waals surface area (Å²) in [6, 6.07) is 0. The molecule has 0 aliphatic heterocycles. The number of hydrogen-bond acceptors (Lipinski definition) is 0. The molecular formula is BiBr3Cs. The summed E-state index contributed by atoms with van der Waals surface area (Å²) in [5.41, 5.74) is 0. The van der Waals surface area contributed by atoms with E-state index in [1.807, 2.05) is 0 Å². The van der Waals surface area contributed by atoms with Crippen LogP contribution in [0.1, 0.15) is 0 Å². The van der Waals surface area contributed by atoms with Crippen molar-refractivity contribution in [2.45, 2.75) is 0 Å². The van der Waals surface area contributed by atoms with Gasteiger partial charge in [-0.1, -0.05) is 0 Å². The second-order valence-electron chi connectivity index (χ2n) is 0.192. The van der Waals surface area contributed by atoms with E-state index in [0.717, 1.165) is 0 Å². The van der Waals surface area contributed by atoms with Crippen molar-refractivity contribution in [2.75, 3.05) is 0 Å². The molecular weight excluding hydrogens is 582 g/mol. The Morgan fingerprint density at radius 1 is 1.00 bits per heavy atom. The van der Waals surface area contributed by atoms with Crippen LogP contribution in [0.25, 0.3) is 0 Å². The van der Waals surface area contributed by atoms with Crippen molar-refractivity contribution in [1.82, 2.24) is 0 Å². The Bertz CT molecular complexity index is 11.6. The van der Waals surface area contributed by atoms with Gasteiger partial charge in [-0.25, -0.2) is 0 Å². The van der Waals surface area contributed by atoms with E-state index in [-0.39, 0.29) is 68.9 Å². The standard InChI is InChI=1S/Bi.3BrH.Cs/h;3*1H;/q+3;;;;/p-3. The van der Waals surface area contributed by atoms with E-state index in [1.54, 1.807) is 0 Å². The topological polar surface area (TPSA) is 0 Å². The third-order valence-corrected chi connectivity index (χ3v) is 0. The summed E-state index contributed by atoms with van der Waals surface area (Å²) in [5.74, 6) is 0. The summed E-state index contributed by atoms with van der Waals surface area (Å²) >= 11 is 8.77. The Balaban J connectivity index is 0. The van der Waals surface area contributed by atoms with Gasteiger partial charge in [0.15, 0.2) is 0 Å². The van der Waals surface area contributed by atoms with Crippen LogP contribution in [0.3, 0.4) is 0 Å². The molecule has 0 atom stereocenters. The molecule has 0 unspecified atom stereocenters. The second kappa shape index (κ2) is 8.38. The summed E-state index contributed by atoms with van der Waals surface area (Å²) in [7, 11) is 0. The zero-order valence-corrected chi connectivity index (χ0v) is 17.1. The SMILES string of the molecule is [Br][Bi]([Br])[Br].[Cs]. The minimum atomic E-state index is -1.16. The third-order valence-electron chi connectivity index (χ3n) is 0. The molecule has 0 heterocycles. The summed E-state index contributed by atoms with van der Waals surface area (Å²) in [5, 5.41) is 0. The molecule has 0 N–H and O–H groups in total. The van der Waals surface area contributed by atoms with Crippen LogP contribution < -0.4 is 0 Å². The van der Waals surface area contributed by atoms with Crippen molar-refractivity contribution in [1.29, 1.82) is 0 Å². The molecule has 0 saturated heterocycles. The average molecular weight is 582 g/mol. The van der Waals surface area contributed by atoms with Gasteiger partial charge in [0.05, 0.1) is 0 Å². The van der Waals surface area contributed by atoms with Crippen molar-refractivity contribution in [2.24, 2.45) is 0 Å². The summed E-state index contributed by atoms with van der Waals surface area (Å²) in [4.78, 5) is 0. The molecule has 5 heteroatoms.